The van der Waals surface area contributed by atoms with Crippen LogP contribution in [0.5, 0.6) is 11.5 Å². The highest BCUT2D eigenvalue weighted by Crippen LogP contribution is 2.39. The molecule has 1 heterocycles. The van der Waals surface area contributed by atoms with Crippen LogP contribution < -0.4 is 4.74 Å². The van der Waals surface area contributed by atoms with Gasteiger partial charge in [-0.15, -0.1) is 0 Å². The van der Waals surface area contributed by atoms with Crippen LogP contribution in [0.4, 0.5) is 5.69 Å². The summed E-state index contributed by atoms with van der Waals surface area (Å²) in [6.45, 7) is 0.780. The molecule has 3 rings (SSSR count). The number of hydrogen-bond donors (Lipinski definition) is 1. The lowest BCUT2D eigenvalue weighted by molar-refractivity contribution is -0.122. The third-order valence-electron chi connectivity index (χ3n) is 3.96. The molecular formula is C20H19BrN2O4S. The predicted molar refractivity (Wildman–Crippen MR) is 115 cm³/mol. The van der Waals surface area contributed by atoms with Gasteiger partial charge in [0.05, 0.1) is 30.9 Å². The van der Waals surface area contributed by atoms with Crippen molar-refractivity contribution in [3.05, 3.63) is 57.4 Å². The van der Waals surface area contributed by atoms with Gasteiger partial charge in [-0.05, 0) is 42.1 Å². The zero-order valence-corrected chi connectivity index (χ0v) is 17.8. The van der Waals surface area contributed by atoms with E-state index in [0.29, 0.717) is 34.5 Å². The lowest BCUT2D eigenvalue weighted by Gasteiger charge is -2.14. The molecule has 8 heteroatoms. The number of aromatic hydroxyl groups is 1. The van der Waals surface area contributed by atoms with Crippen LogP contribution in [0.15, 0.2) is 56.8 Å². The second kappa shape index (κ2) is 9.27. The number of phenols is 1. The van der Waals surface area contributed by atoms with Gasteiger partial charge in [-0.25, -0.2) is 4.99 Å². The minimum absolute atomic E-state index is 0.0245. The van der Waals surface area contributed by atoms with Crippen molar-refractivity contribution in [1.82, 2.24) is 4.90 Å². The summed E-state index contributed by atoms with van der Waals surface area (Å²) in [4.78, 5) is 19.6. The summed E-state index contributed by atoms with van der Waals surface area (Å²) in [6, 6.07) is 12.8. The van der Waals surface area contributed by atoms with E-state index in [0.717, 1.165) is 10.2 Å². The van der Waals surface area contributed by atoms with E-state index in [1.807, 2.05) is 30.3 Å². The van der Waals surface area contributed by atoms with Crippen LogP contribution in [-0.4, -0.2) is 48.5 Å². The van der Waals surface area contributed by atoms with Crippen LogP contribution >= 0.6 is 27.7 Å². The van der Waals surface area contributed by atoms with Crippen molar-refractivity contribution in [2.45, 2.75) is 0 Å². The number of phenolic OH excluding ortho intramolecular Hbond substituents is 1. The molecule has 0 saturated carbocycles. The number of methoxy groups -OCH3 is 2. The first kappa shape index (κ1) is 20.4. The van der Waals surface area contributed by atoms with E-state index < -0.39 is 0 Å². The standard InChI is InChI=1S/C20H19BrN2O4S/c1-26-9-8-23-19(25)17(28-20(23)22-15-6-4-3-5-7-15)11-13-10-14(21)12-16(27-2)18(13)24/h3-7,10-12,24H,8-9H2,1-2H3. The highest BCUT2D eigenvalue weighted by atomic mass is 79.9. The summed E-state index contributed by atoms with van der Waals surface area (Å²) in [5, 5.41) is 11.0. The Morgan fingerprint density at radius 2 is 2.00 bits per heavy atom. The first-order chi connectivity index (χ1) is 13.5. The number of para-hydroxylation sites is 1. The largest absolute Gasteiger partial charge is 0.504 e. The van der Waals surface area contributed by atoms with Gasteiger partial charge in [-0.3, -0.25) is 9.69 Å². The van der Waals surface area contributed by atoms with Crippen LogP contribution in [-0.2, 0) is 9.53 Å². The Bertz CT molecular complexity index is 931. The van der Waals surface area contributed by atoms with Gasteiger partial charge in [0.1, 0.15) is 0 Å². The van der Waals surface area contributed by atoms with Crippen molar-refractivity contribution in [1.29, 1.82) is 0 Å². The number of ether oxygens (including phenoxy) is 2. The van der Waals surface area contributed by atoms with Crippen molar-refractivity contribution >= 4 is 50.5 Å². The van der Waals surface area contributed by atoms with Crippen LogP contribution in [0.2, 0.25) is 0 Å². The highest BCUT2D eigenvalue weighted by Gasteiger charge is 2.33. The average molecular weight is 463 g/mol. The summed E-state index contributed by atoms with van der Waals surface area (Å²) >= 11 is 4.65. The maximum Gasteiger partial charge on any atom is 0.266 e. The Hall–Kier alpha value is -2.29. The fourth-order valence-electron chi connectivity index (χ4n) is 2.59. The van der Waals surface area contributed by atoms with E-state index in [1.165, 1.54) is 18.9 Å². The summed E-state index contributed by atoms with van der Waals surface area (Å²) < 4.78 is 11.0. The molecule has 1 N–H and O–H groups in total. The van der Waals surface area contributed by atoms with Crippen LogP contribution in [0.1, 0.15) is 5.56 Å². The molecule has 0 aliphatic carbocycles. The molecule has 0 bridgehead atoms. The second-order valence-electron chi connectivity index (χ2n) is 5.84. The average Bonchev–Trinajstić information content (AvgIpc) is 2.98. The Morgan fingerprint density at radius 3 is 2.68 bits per heavy atom. The summed E-state index contributed by atoms with van der Waals surface area (Å²) in [7, 11) is 3.06. The molecule has 1 saturated heterocycles. The minimum atomic E-state index is -0.185. The molecule has 6 nitrogen and oxygen atoms in total. The predicted octanol–water partition coefficient (Wildman–Crippen LogP) is 4.41. The van der Waals surface area contributed by atoms with E-state index in [9.17, 15) is 9.90 Å². The fourth-order valence-corrected chi connectivity index (χ4v) is 4.06. The lowest BCUT2D eigenvalue weighted by atomic mass is 10.1. The number of amides is 1. The molecule has 1 aliphatic rings. The number of halogens is 1. The van der Waals surface area contributed by atoms with Crippen LogP contribution in [0, 0.1) is 0 Å². The first-order valence-corrected chi connectivity index (χ1v) is 10.0. The molecule has 28 heavy (non-hydrogen) atoms. The van der Waals surface area contributed by atoms with Gasteiger partial charge in [0.25, 0.3) is 5.91 Å². The number of nitrogens with zero attached hydrogens (tertiary/aromatic N) is 2. The first-order valence-electron chi connectivity index (χ1n) is 8.44. The van der Waals surface area contributed by atoms with Crippen molar-refractivity contribution < 1.29 is 19.4 Å². The van der Waals surface area contributed by atoms with Crippen molar-refractivity contribution in [2.24, 2.45) is 4.99 Å². The normalized spacial score (nSPS) is 17.0. The van der Waals surface area contributed by atoms with Crippen molar-refractivity contribution in [3.63, 3.8) is 0 Å². The number of aliphatic imine (C=N–C) groups is 1. The van der Waals surface area contributed by atoms with Gasteiger partial charge in [-0.2, -0.15) is 0 Å². The molecule has 1 amide bonds. The van der Waals surface area contributed by atoms with Gasteiger partial charge < -0.3 is 14.6 Å². The SMILES string of the molecule is COCCN1C(=O)C(=Cc2cc(Br)cc(OC)c2O)SC1=Nc1ccccc1. The third-order valence-corrected chi connectivity index (χ3v) is 5.43. The van der Waals surface area contributed by atoms with E-state index in [1.54, 1.807) is 30.2 Å². The molecular weight excluding hydrogens is 444 g/mol. The topological polar surface area (TPSA) is 71.4 Å². The maximum absolute atomic E-state index is 12.9. The number of hydrogen-bond acceptors (Lipinski definition) is 6. The second-order valence-corrected chi connectivity index (χ2v) is 7.76. The van der Waals surface area contributed by atoms with Crippen LogP contribution in [0.25, 0.3) is 6.08 Å². The summed E-state index contributed by atoms with van der Waals surface area (Å²) in [6.07, 6.45) is 1.64. The third kappa shape index (κ3) is 4.57. The quantitative estimate of drug-likeness (QED) is 0.643. The molecule has 2 aromatic carbocycles. The number of carbonyl (C=O) groups is 1. The molecule has 0 spiro atoms. The van der Waals surface area contributed by atoms with E-state index in [2.05, 4.69) is 20.9 Å². The summed E-state index contributed by atoms with van der Waals surface area (Å²) in [5.41, 5.74) is 1.24. The molecule has 146 valence electrons. The minimum Gasteiger partial charge on any atom is -0.504 e. The fraction of sp³-hybridized carbons (Fsp3) is 0.200. The molecule has 0 atom stereocenters. The number of amidine groups is 1. The van der Waals surface area contributed by atoms with E-state index >= 15 is 0 Å². The van der Waals surface area contributed by atoms with Crippen molar-refractivity contribution in [3.8, 4) is 11.5 Å². The Kier molecular flexibility index (Phi) is 6.77. The van der Waals surface area contributed by atoms with Gasteiger partial charge in [0.2, 0.25) is 0 Å². The Labute approximate surface area is 176 Å². The number of carbonyl (C=O) groups excluding carboxylic acids is 1. The maximum atomic E-state index is 12.9. The Morgan fingerprint density at radius 1 is 1.25 bits per heavy atom. The van der Waals surface area contributed by atoms with Crippen molar-refractivity contribution in [2.75, 3.05) is 27.4 Å². The van der Waals surface area contributed by atoms with Gasteiger partial charge >= 0.3 is 0 Å². The molecule has 1 fully saturated rings. The van der Waals surface area contributed by atoms with Crippen LogP contribution in [0.3, 0.4) is 0 Å². The molecule has 0 unspecified atom stereocenters. The monoisotopic (exact) mass is 462 g/mol. The van der Waals surface area contributed by atoms with E-state index in [-0.39, 0.29) is 11.7 Å². The number of benzene rings is 2. The Balaban J connectivity index is 1.99. The van der Waals surface area contributed by atoms with E-state index in [4.69, 9.17) is 9.47 Å². The molecule has 0 aromatic heterocycles. The smallest absolute Gasteiger partial charge is 0.266 e. The lowest BCUT2D eigenvalue weighted by Crippen LogP contribution is -2.32. The molecule has 2 aromatic rings. The van der Waals surface area contributed by atoms with Gasteiger partial charge in [0.15, 0.2) is 16.7 Å². The zero-order valence-electron chi connectivity index (χ0n) is 15.4. The van der Waals surface area contributed by atoms with Gasteiger partial charge in [0, 0.05) is 17.1 Å². The molecule has 1 aliphatic heterocycles. The summed E-state index contributed by atoms with van der Waals surface area (Å²) in [5.74, 6) is 0.115. The zero-order chi connectivity index (χ0) is 20.1. The number of thioether (sulfide) groups is 1. The van der Waals surface area contributed by atoms with Gasteiger partial charge in [-0.1, -0.05) is 34.1 Å². The molecule has 0 radical (unpaired) electrons. The highest BCUT2D eigenvalue weighted by molar-refractivity contribution is 9.10. The number of rotatable bonds is 6.